The molecular formula is C21H23ClN4O4S. The van der Waals surface area contributed by atoms with E-state index >= 15 is 0 Å². The molecule has 1 saturated heterocycles. The molecule has 1 fully saturated rings. The number of imidazole rings is 1. The van der Waals surface area contributed by atoms with E-state index in [0.29, 0.717) is 18.1 Å². The van der Waals surface area contributed by atoms with E-state index in [2.05, 4.69) is 0 Å². The van der Waals surface area contributed by atoms with Crippen LogP contribution in [0.1, 0.15) is 6.42 Å². The zero-order chi connectivity index (χ0) is 22.2. The highest BCUT2D eigenvalue weighted by molar-refractivity contribution is 7.89. The predicted molar refractivity (Wildman–Crippen MR) is 119 cm³/mol. The summed E-state index contributed by atoms with van der Waals surface area (Å²) in [5.74, 6) is -0.0976. The molecule has 0 aliphatic carbocycles. The summed E-state index contributed by atoms with van der Waals surface area (Å²) in [5, 5.41) is 0.360. The second kappa shape index (κ2) is 8.49. The minimum atomic E-state index is -3.65. The van der Waals surface area contributed by atoms with Crippen molar-refractivity contribution in [3.05, 3.63) is 64.0 Å². The fourth-order valence-electron chi connectivity index (χ4n) is 3.90. The Bertz CT molecular complexity index is 1290. The van der Waals surface area contributed by atoms with Crippen molar-refractivity contribution >= 4 is 38.6 Å². The van der Waals surface area contributed by atoms with Gasteiger partial charge in [0.25, 0.3) is 0 Å². The van der Waals surface area contributed by atoms with E-state index in [4.69, 9.17) is 11.6 Å². The number of aryl methyl sites for hydroxylation is 2. The molecule has 4 rings (SSSR count). The molecule has 0 spiro atoms. The van der Waals surface area contributed by atoms with Crippen molar-refractivity contribution < 1.29 is 13.2 Å². The Labute approximate surface area is 185 Å². The van der Waals surface area contributed by atoms with Gasteiger partial charge in [0.05, 0.1) is 15.9 Å². The molecule has 3 aromatic rings. The zero-order valence-electron chi connectivity index (χ0n) is 17.1. The van der Waals surface area contributed by atoms with Crippen molar-refractivity contribution in [3.8, 4) is 0 Å². The minimum absolute atomic E-state index is 0.0976. The molecule has 0 radical (unpaired) electrons. The maximum atomic E-state index is 12.8. The third kappa shape index (κ3) is 4.13. The Morgan fingerprint density at radius 1 is 1.00 bits per heavy atom. The highest BCUT2D eigenvalue weighted by atomic mass is 35.5. The standard InChI is InChI=1S/C21H23ClN4O4S/c1-23-18-7-2-3-8-19(18)26(21(23)28)10-9-20(27)24-11-13-25(14-12-24)31(29,30)17-6-4-5-16(22)15-17/h2-8,15H,9-14H2,1H3. The molecule has 1 aliphatic rings. The van der Waals surface area contributed by atoms with Gasteiger partial charge in [0.2, 0.25) is 15.9 Å². The van der Waals surface area contributed by atoms with Crippen molar-refractivity contribution in [2.24, 2.45) is 7.05 Å². The number of nitrogens with zero attached hydrogens (tertiary/aromatic N) is 4. The first kappa shape index (κ1) is 21.6. The molecule has 2 aromatic carbocycles. The molecule has 0 unspecified atom stereocenters. The van der Waals surface area contributed by atoms with E-state index in [-0.39, 0.29) is 42.5 Å². The first-order valence-electron chi connectivity index (χ1n) is 9.97. The Hall–Kier alpha value is -2.62. The van der Waals surface area contributed by atoms with Crippen LogP contribution in [0.4, 0.5) is 0 Å². The van der Waals surface area contributed by atoms with Crippen LogP contribution in [-0.4, -0.2) is 58.8 Å². The van der Waals surface area contributed by atoms with E-state index < -0.39 is 10.0 Å². The van der Waals surface area contributed by atoms with Crippen LogP contribution in [-0.2, 0) is 28.4 Å². The van der Waals surface area contributed by atoms with Gasteiger partial charge >= 0.3 is 5.69 Å². The van der Waals surface area contributed by atoms with E-state index in [1.165, 1.54) is 16.4 Å². The van der Waals surface area contributed by atoms with Gasteiger partial charge in [-0.2, -0.15) is 4.31 Å². The zero-order valence-corrected chi connectivity index (χ0v) is 18.6. The van der Waals surface area contributed by atoms with Gasteiger partial charge in [0.15, 0.2) is 0 Å². The van der Waals surface area contributed by atoms with Gasteiger partial charge in [-0.1, -0.05) is 29.8 Å². The molecule has 164 valence electrons. The Balaban J connectivity index is 1.39. The fourth-order valence-corrected chi connectivity index (χ4v) is 5.62. The summed E-state index contributed by atoms with van der Waals surface area (Å²) in [6.07, 6.45) is 0.176. The van der Waals surface area contributed by atoms with Crippen molar-refractivity contribution in [1.29, 1.82) is 0 Å². The van der Waals surface area contributed by atoms with E-state index in [9.17, 15) is 18.0 Å². The number of para-hydroxylation sites is 2. The molecule has 1 aliphatic heterocycles. The number of carbonyl (C=O) groups is 1. The second-order valence-electron chi connectivity index (χ2n) is 7.47. The monoisotopic (exact) mass is 462 g/mol. The van der Waals surface area contributed by atoms with Gasteiger partial charge in [-0.25, -0.2) is 13.2 Å². The van der Waals surface area contributed by atoms with E-state index in [1.807, 2.05) is 24.3 Å². The molecule has 0 atom stereocenters. The lowest BCUT2D eigenvalue weighted by atomic mass is 10.3. The van der Waals surface area contributed by atoms with Crippen molar-refractivity contribution in [1.82, 2.24) is 18.3 Å². The van der Waals surface area contributed by atoms with Crippen LogP contribution in [0, 0.1) is 0 Å². The number of piperazine rings is 1. The molecule has 10 heteroatoms. The molecule has 1 amide bonds. The SMILES string of the molecule is Cn1c(=O)n(CCC(=O)N2CCN(S(=O)(=O)c3cccc(Cl)c3)CC2)c2ccccc21. The summed E-state index contributed by atoms with van der Waals surface area (Å²) in [4.78, 5) is 27.0. The summed E-state index contributed by atoms with van der Waals surface area (Å²) in [6.45, 7) is 1.33. The first-order valence-corrected chi connectivity index (χ1v) is 11.8. The molecule has 0 N–H and O–H groups in total. The Morgan fingerprint density at radius 2 is 1.68 bits per heavy atom. The minimum Gasteiger partial charge on any atom is -0.340 e. The summed E-state index contributed by atoms with van der Waals surface area (Å²) < 4.78 is 30.2. The Morgan fingerprint density at radius 3 is 2.35 bits per heavy atom. The molecule has 2 heterocycles. The quantitative estimate of drug-likeness (QED) is 0.579. The number of rotatable bonds is 5. The normalized spacial score (nSPS) is 15.5. The smallest absolute Gasteiger partial charge is 0.328 e. The number of amides is 1. The average Bonchev–Trinajstić information content (AvgIpc) is 3.02. The molecule has 31 heavy (non-hydrogen) atoms. The number of fused-ring (bicyclic) bond motifs is 1. The summed E-state index contributed by atoms with van der Waals surface area (Å²) in [6, 6.07) is 13.6. The third-order valence-corrected chi connectivity index (χ3v) is 7.76. The van der Waals surface area contributed by atoms with Gasteiger partial charge in [-0.15, -0.1) is 0 Å². The molecule has 0 bridgehead atoms. The maximum absolute atomic E-state index is 12.8. The lowest BCUT2D eigenvalue weighted by Gasteiger charge is -2.34. The van der Waals surface area contributed by atoms with Crippen LogP contribution in [0.3, 0.4) is 0 Å². The lowest BCUT2D eigenvalue weighted by Crippen LogP contribution is -2.50. The number of hydrogen-bond donors (Lipinski definition) is 0. The number of hydrogen-bond acceptors (Lipinski definition) is 4. The van der Waals surface area contributed by atoms with Crippen LogP contribution in [0.5, 0.6) is 0 Å². The number of sulfonamides is 1. The van der Waals surface area contributed by atoms with Gasteiger partial charge in [0.1, 0.15) is 0 Å². The maximum Gasteiger partial charge on any atom is 0.328 e. The molecule has 1 aromatic heterocycles. The molecule has 8 nitrogen and oxygen atoms in total. The van der Waals surface area contributed by atoms with Crippen molar-refractivity contribution in [2.45, 2.75) is 17.9 Å². The van der Waals surface area contributed by atoms with Gasteiger partial charge in [0, 0.05) is 51.2 Å². The van der Waals surface area contributed by atoms with Crippen LogP contribution >= 0.6 is 11.6 Å². The van der Waals surface area contributed by atoms with Gasteiger partial charge < -0.3 is 4.90 Å². The van der Waals surface area contributed by atoms with Crippen LogP contribution in [0.15, 0.2) is 58.2 Å². The summed E-state index contributed by atoms with van der Waals surface area (Å²) >= 11 is 5.93. The number of halogens is 1. The van der Waals surface area contributed by atoms with E-state index in [0.717, 1.165) is 11.0 Å². The summed E-state index contributed by atoms with van der Waals surface area (Å²) in [7, 11) is -1.94. The number of carbonyl (C=O) groups excluding carboxylic acids is 1. The molecule has 0 saturated carbocycles. The van der Waals surface area contributed by atoms with Gasteiger partial charge in [-0.05, 0) is 30.3 Å². The number of benzene rings is 2. The second-order valence-corrected chi connectivity index (χ2v) is 9.85. The van der Waals surface area contributed by atoms with Crippen LogP contribution < -0.4 is 5.69 Å². The van der Waals surface area contributed by atoms with Crippen molar-refractivity contribution in [3.63, 3.8) is 0 Å². The largest absolute Gasteiger partial charge is 0.340 e. The average molecular weight is 463 g/mol. The fraction of sp³-hybridized carbons (Fsp3) is 0.333. The topological polar surface area (TPSA) is 84.6 Å². The van der Waals surface area contributed by atoms with Gasteiger partial charge in [-0.3, -0.25) is 13.9 Å². The summed E-state index contributed by atoms with van der Waals surface area (Å²) in [5.41, 5.74) is 1.45. The predicted octanol–water partition coefficient (Wildman–Crippen LogP) is 1.92. The molecular weight excluding hydrogens is 440 g/mol. The first-order chi connectivity index (χ1) is 14.8. The van der Waals surface area contributed by atoms with Crippen LogP contribution in [0.25, 0.3) is 11.0 Å². The highest BCUT2D eigenvalue weighted by Gasteiger charge is 2.30. The Kier molecular flexibility index (Phi) is 5.92. The highest BCUT2D eigenvalue weighted by Crippen LogP contribution is 2.21. The third-order valence-electron chi connectivity index (χ3n) is 5.63. The van der Waals surface area contributed by atoms with Crippen LogP contribution in [0.2, 0.25) is 5.02 Å². The van der Waals surface area contributed by atoms with Crippen molar-refractivity contribution in [2.75, 3.05) is 26.2 Å². The van der Waals surface area contributed by atoms with E-state index in [1.54, 1.807) is 33.2 Å². The lowest BCUT2D eigenvalue weighted by molar-refractivity contribution is -0.132. The number of aromatic nitrogens is 2.